The summed E-state index contributed by atoms with van der Waals surface area (Å²) in [6.07, 6.45) is 0. The van der Waals surface area contributed by atoms with Gasteiger partial charge in [-0.2, -0.15) is 0 Å². The minimum atomic E-state index is 0.0428. The lowest BCUT2D eigenvalue weighted by molar-refractivity contribution is 0.513. The van der Waals surface area contributed by atoms with Crippen LogP contribution in [0.2, 0.25) is 0 Å². The number of aryl methyl sites for hydroxylation is 1. The Labute approximate surface area is 79.9 Å². The van der Waals surface area contributed by atoms with Crippen molar-refractivity contribution in [3.63, 3.8) is 0 Å². The fourth-order valence-electron chi connectivity index (χ4n) is 1.49. The highest BCUT2D eigenvalue weighted by atomic mass is 14.7. The summed E-state index contributed by atoms with van der Waals surface area (Å²) < 4.78 is 0. The summed E-state index contributed by atoms with van der Waals surface area (Å²) in [4.78, 5) is 0. The van der Waals surface area contributed by atoms with Crippen molar-refractivity contribution in [3.05, 3.63) is 29.3 Å². The highest BCUT2D eigenvalue weighted by Crippen LogP contribution is 2.27. The fourth-order valence-corrected chi connectivity index (χ4v) is 1.49. The van der Waals surface area contributed by atoms with Gasteiger partial charge in [0, 0.05) is 11.7 Å². The van der Waals surface area contributed by atoms with Crippen LogP contribution in [0, 0.1) is 12.8 Å². The third-order valence-electron chi connectivity index (χ3n) is 2.41. The predicted molar refractivity (Wildman–Crippen MR) is 57.4 cm³/mol. The minimum absolute atomic E-state index is 0.0428. The van der Waals surface area contributed by atoms with E-state index in [4.69, 9.17) is 11.5 Å². The molecular formula is C11H18N2. The summed E-state index contributed by atoms with van der Waals surface area (Å²) in [6.45, 7) is 6.26. The zero-order valence-corrected chi connectivity index (χ0v) is 8.54. The van der Waals surface area contributed by atoms with Gasteiger partial charge in [-0.25, -0.2) is 0 Å². The van der Waals surface area contributed by atoms with E-state index >= 15 is 0 Å². The standard InChI is InChI=1S/C11H18N2/c1-7(2)11(13)10-8(3)5-4-6-9(10)12/h4-7,11H,12-13H2,1-3H3/t11-/m0/s1. The molecule has 0 aliphatic rings. The topological polar surface area (TPSA) is 52.0 Å². The van der Waals surface area contributed by atoms with Gasteiger partial charge in [-0.05, 0) is 30.0 Å². The average Bonchev–Trinajstić information content (AvgIpc) is 2.03. The summed E-state index contributed by atoms with van der Waals surface area (Å²) in [5.74, 6) is 0.420. The maximum absolute atomic E-state index is 6.06. The van der Waals surface area contributed by atoms with Crippen molar-refractivity contribution in [3.8, 4) is 0 Å². The van der Waals surface area contributed by atoms with E-state index in [0.29, 0.717) is 5.92 Å². The molecule has 4 N–H and O–H groups in total. The van der Waals surface area contributed by atoms with Crippen LogP contribution in [0.1, 0.15) is 31.0 Å². The number of benzene rings is 1. The van der Waals surface area contributed by atoms with Crippen molar-refractivity contribution >= 4 is 5.69 Å². The molecule has 1 aromatic rings. The zero-order chi connectivity index (χ0) is 10.0. The van der Waals surface area contributed by atoms with Gasteiger partial charge in [-0.3, -0.25) is 0 Å². The molecule has 0 radical (unpaired) electrons. The molecular weight excluding hydrogens is 160 g/mol. The molecule has 0 fully saturated rings. The molecule has 13 heavy (non-hydrogen) atoms. The molecule has 0 unspecified atom stereocenters. The van der Waals surface area contributed by atoms with Crippen LogP contribution < -0.4 is 11.5 Å². The van der Waals surface area contributed by atoms with Crippen LogP contribution in [0.15, 0.2) is 18.2 Å². The first-order valence-corrected chi connectivity index (χ1v) is 4.64. The highest BCUT2D eigenvalue weighted by Gasteiger charge is 2.14. The molecule has 0 aromatic heterocycles. The predicted octanol–water partition coefficient (Wildman–Crippen LogP) is 2.23. The zero-order valence-electron chi connectivity index (χ0n) is 8.54. The summed E-state index contributed by atoms with van der Waals surface area (Å²) in [5, 5.41) is 0. The first-order valence-electron chi connectivity index (χ1n) is 4.64. The summed E-state index contributed by atoms with van der Waals surface area (Å²) in [6, 6.07) is 5.96. The molecule has 0 spiro atoms. The molecule has 1 rings (SSSR count). The first-order chi connectivity index (χ1) is 6.04. The monoisotopic (exact) mass is 178 g/mol. The van der Waals surface area contributed by atoms with E-state index in [1.165, 1.54) is 5.56 Å². The summed E-state index contributed by atoms with van der Waals surface area (Å²) in [7, 11) is 0. The molecule has 1 atom stereocenters. The maximum atomic E-state index is 6.06. The largest absolute Gasteiger partial charge is 0.398 e. The van der Waals surface area contributed by atoms with Crippen LogP contribution in [0.4, 0.5) is 5.69 Å². The summed E-state index contributed by atoms with van der Waals surface area (Å²) >= 11 is 0. The molecule has 2 nitrogen and oxygen atoms in total. The van der Waals surface area contributed by atoms with Gasteiger partial charge in [0.1, 0.15) is 0 Å². The van der Waals surface area contributed by atoms with Crippen LogP contribution in [0.25, 0.3) is 0 Å². The van der Waals surface area contributed by atoms with Crippen molar-refractivity contribution in [1.29, 1.82) is 0 Å². The lowest BCUT2D eigenvalue weighted by atomic mass is 9.92. The number of hydrogen-bond donors (Lipinski definition) is 2. The van der Waals surface area contributed by atoms with Gasteiger partial charge >= 0.3 is 0 Å². The molecule has 2 heteroatoms. The number of hydrogen-bond acceptors (Lipinski definition) is 2. The molecule has 0 saturated carbocycles. The first kappa shape index (κ1) is 10.1. The molecule has 0 aliphatic heterocycles. The Morgan fingerprint density at radius 1 is 1.23 bits per heavy atom. The molecule has 0 heterocycles. The highest BCUT2D eigenvalue weighted by molar-refractivity contribution is 5.52. The Hall–Kier alpha value is -1.02. The number of nitrogens with two attached hydrogens (primary N) is 2. The van der Waals surface area contributed by atoms with Crippen LogP contribution >= 0.6 is 0 Å². The van der Waals surface area contributed by atoms with Crippen molar-refractivity contribution < 1.29 is 0 Å². The van der Waals surface area contributed by atoms with E-state index in [1.54, 1.807) is 0 Å². The SMILES string of the molecule is Cc1cccc(N)c1[C@@H](N)C(C)C. The van der Waals surface area contributed by atoms with Crippen molar-refractivity contribution in [2.24, 2.45) is 11.7 Å². The molecule has 0 saturated heterocycles. The van der Waals surface area contributed by atoms with Gasteiger partial charge in [-0.15, -0.1) is 0 Å². The molecule has 1 aromatic carbocycles. The Balaban J connectivity index is 3.12. The minimum Gasteiger partial charge on any atom is -0.398 e. The van der Waals surface area contributed by atoms with Gasteiger partial charge in [0.2, 0.25) is 0 Å². The third kappa shape index (κ3) is 2.01. The van der Waals surface area contributed by atoms with E-state index < -0.39 is 0 Å². The van der Waals surface area contributed by atoms with Gasteiger partial charge in [0.25, 0.3) is 0 Å². The van der Waals surface area contributed by atoms with E-state index in [1.807, 2.05) is 25.1 Å². The second-order valence-electron chi connectivity index (χ2n) is 3.85. The third-order valence-corrected chi connectivity index (χ3v) is 2.41. The Bertz CT molecular complexity index is 272. The molecule has 72 valence electrons. The Morgan fingerprint density at radius 3 is 2.31 bits per heavy atom. The summed E-state index contributed by atoms with van der Waals surface area (Å²) in [5.41, 5.74) is 15.0. The van der Waals surface area contributed by atoms with E-state index in [9.17, 15) is 0 Å². The van der Waals surface area contributed by atoms with E-state index in [0.717, 1.165) is 11.3 Å². The lowest BCUT2D eigenvalue weighted by Crippen LogP contribution is -2.19. The van der Waals surface area contributed by atoms with Crippen LogP contribution in [0.3, 0.4) is 0 Å². The Kier molecular flexibility index (Phi) is 2.94. The second-order valence-corrected chi connectivity index (χ2v) is 3.85. The smallest absolute Gasteiger partial charge is 0.0365 e. The quantitative estimate of drug-likeness (QED) is 0.682. The van der Waals surface area contributed by atoms with Crippen LogP contribution in [-0.2, 0) is 0 Å². The maximum Gasteiger partial charge on any atom is 0.0365 e. The number of rotatable bonds is 2. The van der Waals surface area contributed by atoms with E-state index in [2.05, 4.69) is 13.8 Å². The van der Waals surface area contributed by atoms with Crippen molar-refractivity contribution in [2.75, 3.05) is 5.73 Å². The van der Waals surface area contributed by atoms with Gasteiger partial charge in [0.05, 0.1) is 0 Å². The number of nitrogen functional groups attached to an aromatic ring is 1. The van der Waals surface area contributed by atoms with Crippen LogP contribution in [0.5, 0.6) is 0 Å². The van der Waals surface area contributed by atoms with Gasteiger partial charge in [0.15, 0.2) is 0 Å². The van der Waals surface area contributed by atoms with E-state index in [-0.39, 0.29) is 6.04 Å². The molecule has 0 bridgehead atoms. The average molecular weight is 178 g/mol. The fraction of sp³-hybridized carbons (Fsp3) is 0.455. The number of anilines is 1. The second kappa shape index (κ2) is 3.79. The van der Waals surface area contributed by atoms with Crippen LogP contribution in [-0.4, -0.2) is 0 Å². The normalized spacial score (nSPS) is 13.3. The molecule has 0 amide bonds. The van der Waals surface area contributed by atoms with Gasteiger partial charge in [-0.1, -0.05) is 26.0 Å². The lowest BCUT2D eigenvalue weighted by Gasteiger charge is -2.20. The van der Waals surface area contributed by atoms with Gasteiger partial charge < -0.3 is 11.5 Å². The molecule has 0 aliphatic carbocycles. The van der Waals surface area contributed by atoms with Crippen molar-refractivity contribution in [2.45, 2.75) is 26.8 Å². The Morgan fingerprint density at radius 2 is 1.85 bits per heavy atom. The van der Waals surface area contributed by atoms with Crippen molar-refractivity contribution in [1.82, 2.24) is 0 Å².